The number of allylic oxidation sites excluding steroid dienone is 1. The van der Waals surface area contributed by atoms with E-state index < -0.39 is 12.0 Å². The molecule has 1 aliphatic heterocycles. The van der Waals surface area contributed by atoms with Crippen molar-refractivity contribution in [3.8, 4) is 5.75 Å². The molecule has 0 N–H and O–H groups in total. The molecule has 0 spiro atoms. The van der Waals surface area contributed by atoms with Gasteiger partial charge in [-0.1, -0.05) is 71.0 Å². The largest absolute Gasteiger partial charge is 0.486 e. The van der Waals surface area contributed by atoms with Gasteiger partial charge in [-0.25, -0.2) is 9.79 Å². The summed E-state index contributed by atoms with van der Waals surface area (Å²) in [5, 5.41) is 0.636. The number of esters is 1. The molecule has 0 amide bonds. The number of hydrogen-bond donors (Lipinski definition) is 0. The molecule has 0 unspecified atom stereocenters. The van der Waals surface area contributed by atoms with Gasteiger partial charge in [-0.3, -0.25) is 9.36 Å². The lowest BCUT2D eigenvalue weighted by atomic mass is 9.95. The minimum atomic E-state index is -0.646. The Hall–Kier alpha value is -2.98. The first-order valence-electron chi connectivity index (χ1n) is 12.8. The lowest BCUT2D eigenvalue weighted by Crippen LogP contribution is -2.39. The fourth-order valence-corrected chi connectivity index (χ4v) is 7.26. The highest BCUT2D eigenvalue weighted by Gasteiger charge is 2.33. The summed E-state index contributed by atoms with van der Waals surface area (Å²) in [6.45, 7) is 6.05. The smallest absolute Gasteiger partial charge is 0.338 e. The quantitative estimate of drug-likeness (QED) is 0.196. The van der Waals surface area contributed by atoms with Crippen LogP contribution in [0.15, 0.2) is 90.7 Å². The van der Waals surface area contributed by atoms with E-state index in [0.29, 0.717) is 38.0 Å². The van der Waals surface area contributed by atoms with Crippen LogP contribution in [0.25, 0.3) is 6.08 Å². The predicted octanol–water partition coefficient (Wildman–Crippen LogP) is 6.86. The highest BCUT2D eigenvalue weighted by atomic mass is 79.9. The van der Waals surface area contributed by atoms with Crippen molar-refractivity contribution in [2.75, 3.05) is 6.61 Å². The summed E-state index contributed by atoms with van der Waals surface area (Å²) in [5.74, 6) is 0.145. The first-order valence-corrected chi connectivity index (χ1v) is 15.6. The summed E-state index contributed by atoms with van der Waals surface area (Å²) in [6, 6.07) is 18.5. The predicted molar refractivity (Wildman–Crippen MR) is 169 cm³/mol. The number of ether oxygens (including phenoxy) is 2. The van der Waals surface area contributed by atoms with Crippen molar-refractivity contribution in [3.63, 3.8) is 0 Å². The van der Waals surface area contributed by atoms with Gasteiger partial charge in [0, 0.05) is 10.6 Å². The summed E-state index contributed by atoms with van der Waals surface area (Å²) in [7, 11) is 0. The zero-order valence-electron chi connectivity index (χ0n) is 22.4. The molecule has 1 aliphatic rings. The maximum atomic E-state index is 13.9. The van der Waals surface area contributed by atoms with Crippen LogP contribution in [-0.2, 0) is 16.1 Å². The monoisotopic (exact) mass is 714 g/mol. The van der Waals surface area contributed by atoms with Gasteiger partial charge >= 0.3 is 5.97 Å². The molecule has 210 valence electrons. The zero-order chi connectivity index (χ0) is 29.3. The van der Waals surface area contributed by atoms with E-state index in [-0.39, 0.29) is 12.2 Å². The van der Waals surface area contributed by atoms with E-state index in [1.165, 1.54) is 11.3 Å². The Morgan fingerprint density at radius 2 is 1.78 bits per heavy atom. The third kappa shape index (κ3) is 6.14. The van der Waals surface area contributed by atoms with Crippen molar-refractivity contribution in [1.82, 2.24) is 4.57 Å². The topological polar surface area (TPSA) is 69.9 Å². The van der Waals surface area contributed by atoms with Gasteiger partial charge in [-0.15, -0.1) is 0 Å². The molecular formula is C31H25Br2ClN2O4S. The van der Waals surface area contributed by atoms with Crippen LogP contribution in [0.1, 0.15) is 42.1 Å². The van der Waals surface area contributed by atoms with Gasteiger partial charge in [0.15, 0.2) is 4.80 Å². The summed E-state index contributed by atoms with van der Waals surface area (Å²) in [6.07, 6.45) is 1.81. The Labute approximate surface area is 262 Å². The molecule has 41 heavy (non-hydrogen) atoms. The molecule has 0 bridgehead atoms. The van der Waals surface area contributed by atoms with E-state index in [2.05, 4.69) is 36.9 Å². The van der Waals surface area contributed by atoms with Gasteiger partial charge in [-0.2, -0.15) is 0 Å². The van der Waals surface area contributed by atoms with E-state index in [1.54, 1.807) is 18.4 Å². The summed E-state index contributed by atoms with van der Waals surface area (Å²) >= 11 is 14.8. The van der Waals surface area contributed by atoms with E-state index in [0.717, 1.165) is 31.2 Å². The van der Waals surface area contributed by atoms with Crippen molar-refractivity contribution in [3.05, 3.63) is 128 Å². The summed E-state index contributed by atoms with van der Waals surface area (Å²) < 4.78 is 14.9. The number of rotatable bonds is 7. The Morgan fingerprint density at radius 3 is 2.44 bits per heavy atom. The van der Waals surface area contributed by atoms with Gasteiger partial charge in [0.1, 0.15) is 12.4 Å². The van der Waals surface area contributed by atoms with Crippen LogP contribution in [0.3, 0.4) is 0 Å². The lowest BCUT2D eigenvalue weighted by molar-refractivity contribution is -0.139. The molecule has 0 aliphatic carbocycles. The van der Waals surface area contributed by atoms with Crippen molar-refractivity contribution in [1.29, 1.82) is 0 Å². The van der Waals surface area contributed by atoms with E-state index in [1.807, 2.05) is 73.7 Å². The van der Waals surface area contributed by atoms with Crippen LogP contribution in [-0.4, -0.2) is 17.1 Å². The molecule has 1 atom stereocenters. The van der Waals surface area contributed by atoms with Gasteiger partial charge < -0.3 is 9.47 Å². The standard InChI is InChI=1S/C31H25Br2ClN2O4S/c1-4-39-30(38)26-18(3)35-31-36(27(26)20-11-9-17(2)10-12-20)29(37)25(41-31)15-19-13-22(32)28(23(33)14-19)40-16-21-7-5-6-8-24(21)34/h5-15,27H,4,16H2,1-3H3/b25-15+/t27-/m0/s1. The molecule has 4 aromatic rings. The van der Waals surface area contributed by atoms with Gasteiger partial charge in [0.2, 0.25) is 0 Å². The first kappa shape index (κ1) is 29.5. The maximum absolute atomic E-state index is 13.9. The fourth-order valence-electron chi connectivity index (χ4n) is 4.57. The van der Waals surface area contributed by atoms with Crippen LogP contribution in [0.4, 0.5) is 0 Å². The molecular weight excluding hydrogens is 692 g/mol. The van der Waals surface area contributed by atoms with E-state index in [4.69, 9.17) is 21.1 Å². The summed E-state index contributed by atoms with van der Waals surface area (Å²) in [4.78, 5) is 32.1. The Balaban J connectivity index is 1.56. The Bertz CT molecular complexity index is 1840. The molecule has 2 heterocycles. The van der Waals surface area contributed by atoms with Crippen molar-refractivity contribution >= 4 is 66.8 Å². The summed E-state index contributed by atoms with van der Waals surface area (Å²) in [5.41, 5.74) is 4.21. The van der Waals surface area contributed by atoms with Crippen LogP contribution < -0.4 is 19.6 Å². The fraction of sp³-hybridized carbons (Fsp3) is 0.194. The number of thiazole rings is 1. The van der Waals surface area contributed by atoms with Crippen molar-refractivity contribution < 1.29 is 14.3 Å². The first-order chi connectivity index (χ1) is 19.7. The van der Waals surface area contributed by atoms with E-state index in [9.17, 15) is 9.59 Å². The van der Waals surface area contributed by atoms with Crippen LogP contribution >= 0.6 is 54.8 Å². The van der Waals surface area contributed by atoms with Crippen molar-refractivity contribution in [2.24, 2.45) is 4.99 Å². The number of hydrogen-bond acceptors (Lipinski definition) is 6. The Kier molecular flexibility index (Phi) is 8.99. The number of fused-ring (bicyclic) bond motifs is 1. The molecule has 0 fully saturated rings. The minimum absolute atomic E-state index is 0.225. The minimum Gasteiger partial charge on any atom is -0.486 e. The lowest BCUT2D eigenvalue weighted by Gasteiger charge is -2.24. The number of nitrogens with zero attached hydrogens (tertiary/aromatic N) is 2. The van der Waals surface area contributed by atoms with Crippen LogP contribution in [0, 0.1) is 6.92 Å². The second-order valence-electron chi connectivity index (χ2n) is 9.41. The highest BCUT2D eigenvalue weighted by molar-refractivity contribution is 9.11. The maximum Gasteiger partial charge on any atom is 0.338 e. The number of aryl methyl sites for hydroxylation is 1. The number of benzene rings is 3. The molecule has 10 heteroatoms. The molecule has 1 aromatic heterocycles. The molecule has 0 saturated heterocycles. The zero-order valence-corrected chi connectivity index (χ0v) is 27.2. The van der Waals surface area contributed by atoms with Gasteiger partial charge in [0.25, 0.3) is 5.56 Å². The van der Waals surface area contributed by atoms with Crippen molar-refractivity contribution in [2.45, 2.75) is 33.4 Å². The van der Waals surface area contributed by atoms with Crippen LogP contribution in [0.2, 0.25) is 5.02 Å². The van der Waals surface area contributed by atoms with Crippen LogP contribution in [0.5, 0.6) is 5.75 Å². The molecule has 3 aromatic carbocycles. The number of aromatic nitrogens is 1. The van der Waals surface area contributed by atoms with Gasteiger partial charge in [-0.05, 0) is 88.0 Å². The number of carbonyl (C=O) groups is 1. The third-order valence-corrected chi connectivity index (χ3v) is 9.09. The average molecular weight is 717 g/mol. The number of halogens is 3. The highest BCUT2D eigenvalue weighted by Crippen LogP contribution is 2.36. The second-order valence-corrected chi connectivity index (χ2v) is 12.5. The molecule has 6 nitrogen and oxygen atoms in total. The molecule has 0 radical (unpaired) electrons. The molecule has 0 saturated carbocycles. The molecule has 5 rings (SSSR count). The van der Waals surface area contributed by atoms with Gasteiger partial charge in [0.05, 0.1) is 37.4 Å². The third-order valence-electron chi connectivity index (χ3n) is 6.56. The SMILES string of the molecule is CCOC(=O)C1=C(C)N=c2s/c(=C/c3cc(Br)c(OCc4ccccc4Cl)c(Br)c3)c(=O)n2[C@H]1c1ccc(C)cc1. The Morgan fingerprint density at radius 1 is 1.10 bits per heavy atom. The normalized spacial score (nSPS) is 15.0. The van der Waals surface area contributed by atoms with E-state index >= 15 is 0 Å². The second kappa shape index (κ2) is 12.5. The number of carbonyl (C=O) groups excluding carboxylic acids is 1. The average Bonchev–Trinajstić information content (AvgIpc) is 3.23.